The molecule has 23 heavy (non-hydrogen) atoms. The van der Waals surface area contributed by atoms with E-state index >= 15 is 0 Å². The minimum Gasteiger partial charge on any atom is -0.441 e. The molecule has 1 spiro atoms. The van der Waals surface area contributed by atoms with Crippen molar-refractivity contribution < 1.29 is 22.7 Å². The number of aromatic nitrogens is 1. The number of anilines is 1. The number of nitrogens with one attached hydrogen (secondary N) is 2. The van der Waals surface area contributed by atoms with Gasteiger partial charge in [0, 0.05) is 12.7 Å². The van der Waals surface area contributed by atoms with Crippen molar-refractivity contribution in [1.82, 2.24) is 10.3 Å². The highest BCUT2D eigenvalue weighted by atomic mass is 19.4. The van der Waals surface area contributed by atoms with E-state index in [1.54, 1.807) is 0 Å². The monoisotopic (exact) mass is 329 g/mol. The van der Waals surface area contributed by atoms with Gasteiger partial charge in [0.25, 0.3) is 0 Å². The molecule has 126 valence electrons. The maximum atomic E-state index is 12.5. The van der Waals surface area contributed by atoms with E-state index in [-0.39, 0.29) is 11.7 Å². The molecule has 1 aliphatic heterocycles. The van der Waals surface area contributed by atoms with E-state index < -0.39 is 11.7 Å². The van der Waals surface area contributed by atoms with Crippen molar-refractivity contribution in [3.63, 3.8) is 0 Å². The standard InChI is InChI=1S/C15H18F3N3O2/c16-15(17,18)11-1-2-12(20-8-11)19-7-10-3-5-14(6-4-10)9-21-13(22)23-14/h1-2,8,10H,3-7,9H2,(H,19,20)(H,21,22). The lowest BCUT2D eigenvalue weighted by molar-refractivity contribution is -0.137. The summed E-state index contributed by atoms with van der Waals surface area (Å²) in [5, 5.41) is 5.77. The quantitative estimate of drug-likeness (QED) is 0.894. The molecule has 1 saturated heterocycles. The van der Waals surface area contributed by atoms with Crippen molar-refractivity contribution in [3.05, 3.63) is 23.9 Å². The number of amides is 1. The molecule has 0 atom stereocenters. The summed E-state index contributed by atoms with van der Waals surface area (Å²) in [6.45, 7) is 1.21. The second kappa shape index (κ2) is 5.90. The molecule has 0 aromatic carbocycles. The zero-order valence-electron chi connectivity index (χ0n) is 12.4. The van der Waals surface area contributed by atoms with Crippen LogP contribution in [0.1, 0.15) is 31.2 Å². The number of nitrogens with zero attached hydrogens (tertiary/aromatic N) is 1. The minimum absolute atomic E-state index is 0.351. The van der Waals surface area contributed by atoms with E-state index in [0.717, 1.165) is 37.9 Å². The fraction of sp³-hybridized carbons (Fsp3) is 0.600. The van der Waals surface area contributed by atoms with E-state index in [1.165, 1.54) is 6.07 Å². The summed E-state index contributed by atoms with van der Waals surface area (Å²) in [5.74, 6) is 0.830. The second-order valence-electron chi connectivity index (χ2n) is 6.18. The molecule has 2 N–H and O–H groups in total. The number of alkyl carbamates (subject to hydrolysis) is 1. The number of carbonyl (C=O) groups is 1. The number of pyridine rings is 1. The third kappa shape index (κ3) is 3.68. The molecule has 1 saturated carbocycles. The topological polar surface area (TPSA) is 63.2 Å². The Labute approximate surface area is 131 Å². The first-order chi connectivity index (χ1) is 10.9. The Bertz CT molecular complexity index is 566. The lowest BCUT2D eigenvalue weighted by atomic mass is 9.79. The normalized spacial score (nSPS) is 27.6. The van der Waals surface area contributed by atoms with Gasteiger partial charge >= 0.3 is 12.3 Å². The van der Waals surface area contributed by atoms with Crippen molar-refractivity contribution in [3.8, 4) is 0 Å². The van der Waals surface area contributed by atoms with Gasteiger partial charge in [0.05, 0.1) is 12.1 Å². The van der Waals surface area contributed by atoms with Crippen molar-refractivity contribution in [1.29, 1.82) is 0 Å². The van der Waals surface area contributed by atoms with Crippen molar-refractivity contribution in [2.75, 3.05) is 18.4 Å². The zero-order chi connectivity index (χ0) is 16.5. The van der Waals surface area contributed by atoms with Crippen LogP contribution in [-0.4, -0.2) is 29.8 Å². The van der Waals surface area contributed by atoms with Gasteiger partial charge in [-0.1, -0.05) is 0 Å². The molecule has 2 fully saturated rings. The number of rotatable bonds is 3. The maximum Gasteiger partial charge on any atom is 0.417 e. The first kappa shape index (κ1) is 15.9. The summed E-state index contributed by atoms with van der Waals surface area (Å²) in [6, 6.07) is 2.37. The van der Waals surface area contributed by atoms with Crippen LogP contribution in [0, 0.1) is 5.92 Å². The summed E-state index contributed by atoms with van der Waals surface area (Å²) in [6.07, 6.45) is -0.462. The molecular weight excluding hydrogens is 311 g/mol. The van der Waals surface area contributed by atoms with Gasteiger partial charge < -0.3 is 15.4 Å². The Kier molecular flexibility index (Phi) is 4.08. The smallest absolute Gasteiger partial charge is 0.417 e. The summed E-state index contributed by atoms with van der Waals surface area (Å²) in [7, 11) is 0. The van der Waals surface area contributed by atoms with Crippen LogP contribution >= 0.6 is 0 Å². The van der Waals surface area contributed by atoms with Gasteiger partial charge in [-0.05, 0) is 43.7 Å². The first-order valence-electron chi connectivity index (χ1n) is 7.60. The van der Waals surface area contributed by atoms with Crippen LogP contribution < -0.4 is 10.6 Å². The van der Waals surface area contributed by atoms with Crippen LogP contribution in [0.5, 0.6) is 0 Å². The van der Waals surface area contributed by atoms with Crippen LogP contribution in [0.15, 0.2) is 18.3 Å². The number of halogens is 3. The molecule has 3 rings (SSSR count). The molecule has 2 aliphatic rings. The van der Waals surface area contributed by atoms with Gasteiger partial charge in [0.2, 0.25) is 0 Å². The zero-order valence-corrected chi connectivity index (χ0v) is 12.4. The summed E-state index contributed by atoms with van der Waals surface area (Å²) >= 11 is 0. The van der Waals surface area contributed by atoms with Gasteiger partial charge in [-0.15, -0.1) is 0 Å². The molecule has 8 heteroatoms. The lowest BCUT2D eigenvalue weighted by Gasteiger charge is -2.34. The van der Waals surface area contributed by atoms with Crippen molar-refractivity contribution >= 4 is 11.9 Å². The van der Waals surface area contributed by atoms with E-state index in [0.29, 0.717) is 24.8 Å². The average molecular weight is 329 g/mol. The fourth-order valence-electron chi connectivity index (χ4n) is 3.10. The number of hydrogen-bond donors (Lipinski definition) is 2. The second-order valence-corrected chi connectivity index (χ2v) is 6.18. The molecule has 1 aromatic heterocycles. The van der Waals surface area contributed by atoms with E-state index in [4.69, 9.17) is 4.74 Å². The molecule has 1 aromatic rings. The SMILES string of the molecule is O=C1NCC2(CCC(CNc3ccc(C(F)(F)F)cn3)CC2)O1. The van der Waals surface area contributed by atoms with Crippen LogP contribution in [0.25, 0.3) is 0 Å². The Hall–Kier alpha value is -1.99. The van der Waals surface area contributed by atoms with Crippen LogP contribution in [0.3, 0.4) is 0 Å². The Morgan fingerprint density at radius 1 is 1.35 bits per heavy atom. The molecule has 2 heterocycles. The number of alkyl halides is 3. The van der Waals surface area contributed by atoms with Crippen molar-refractivity contribution in [2.45, 2.75) is 37.5 Å². The minimum atomic E-state index is -4.37. The van der Waals surface area contributed by atoms with E-state index in [1.807, 2.05) is 0 Å². The third-order valence-electron chi connectivity index (χ3n) is 4.54. The molecule has 0 unspecified atom stereocenters. The number of hydrogen-bond acceptors (Lipinski definition) is 4. The molecule has 0 bridgehead atoms. The van der Waals surface area contributed by atoms with Crippen molar-refractivity contribution in [2.24, 2.45) is 5.92 Å². The van der Waals surface area contributed by atoms with Crippen LogP contribution in [-0.2, 0) is 10.9 Å². The van der Waals surface area contributed by atoms with Crippen LogP contribution in [0.2, 0.25) is 0 Å². The van der Waals surface area contributed by atoms with Gasteiger partial charge in [-0.2, -0.15) is 13.2 Å². The molecule has 1 amide bonds. The van der Waals surface area contributed by atoms with E-state index in [9.17, 15) is 18.0 Å². The van der Waals surface area contributed by atoms with Gasteiger partial charge in [-0.25, -0.2) is 9.78 Å². The Morgan fingerprint density at radius 2 is 2.09 bits per heavy atom. The highest BCUT2D eigenvalue weighted by Crippen LogP contribution is 2.36. The highest BCUT2D eigenvalue weighted by Gasteiger charge is 2.43. The molecular formula is C15H18F3N3O2. The third-order valence-corrected chi connectivity index (χ3v) is 4.54. The molecule has 5 nitrogen and oxygen atoms in total. The largest absolute Gasteiger partial charge is 0.441 e. The summed E-state index contributed by atoms with van der Waals surface area (Å²) < 4.78 is 42.8. The fourth-order valence-corrected chi connectivity index (χ4v) is 3.10. The lowest BCUT2D eigenvalue weighted by Crippen LogP contribution is -2.38. The predicted molar refractivity (Wildman–Crippen MR) is 76.9 cm³/mol. The Balaban J connectivity index is 1.47. The highest BCUT2D eigenvalue weighted by molar-refractivity contribution is 5.70. The molecule has 0 radical (unpaired) electrons. The van der Waals surface area contributed by atoms with Crippen LogP contribution in [0.4, 0.5) is 23.8 Å². The maximum absolute atomic E-state index is 12.5. The Morgan fingerprint density at radius 3 is 2.61 bits per heavy atom. The predicted octanol–water partition coefficient (Wildman–Crippen LogP) is 3.18. The van der Waals surface area contributed by atoms with Gasteiger partial charge in [0.1, 0.15) is 11.4 Å². The average Bonchev–Trinajstić information content (AvgIpc) is 2.87. The summed E-state index contributed by atoms with van der Waals surface area (Å²) in [4.78, 5) is 15.0. The first-order valence-corrected chi connectivity index (χ1v) is 7.60. The van der Waals surface area contributed by atoms with Gasteiger partial charge in [-0.3, -0.25) is 0 Å². The van der Waals surface area contributed by atoms with E-state index in [2.05, 4.69) is 15.6 Å². The number of ether oxygens (including phenoxy) is 1. The van der Waals surface area contributed by atoms with Gasteiger partial charge in [0.15, 0.2) is 0 Å². The molecule has 1 aliphatic carbocycles. The number of carbonyl (C=O) groups excluding carboxylic acids is 1. The summed E-state index contributed by atoms with van der Waals surface area (Å²) in [5.41, 5.74) is -1.11.